The van der Waals surface area contributed by atoms with E-state index >= 15 is 0 Å². The molecule has 0 atom stereocenters. The van der Waals surface area contributed by atoms with Crippen molar-refractivity contribution in [3.8, 4) is 0 Å². The van der Waals surface area contributed by atoms with Gasteiger partial charge in [0.2, 0.25) is 0 Å². The minimum Gasteiger partial charge on any atom is -0.321 e. The van der Waals surface area contributed by atoms with Gasteiger partial charge in [-0.25, -0.2) is 9.97 Å². The first-order valence-electron chi connectivity index (χ1n) is 5.32. The van der Waals surface area contributed by atoms with E-state index in [0.717, 1.165) is 18.3 Å². The molecule has 0 saturated carbocycles. The van der Waals surface area contributed by atoms with Crippen LogP contribution in [-0.2, 0) is 6.18 Å². The molecule has 0 radical (unpaired) electrons. The van der Waals surface area contributed by atoms with Gasteiger partial charge in [0.1, 0.15) is 10.8 Å². The number of hydrogen-bond acceptors (Lipinski definition) is 3. The summed E-state index contributed by atoms with van der Waals surface area (Å²) in [6.07, 6.45) is -2.17. The number of nitrogens with zero attached hydrogens (tertiary/aromatic N) is 2. The number of carbonyl (C=O) groups is 1. The molecule has 4 nitrogen and oxygen atoms in total. The van der Waals surface area contributed by atoms with Crippen molar-refractivity contribution in [3.05, 3.63) is 53.1 Å². The molecule has 0 saturated heterocycles. The Hall–Kier alpha value is -2.15. The first kappa shape index (κ1) is 14.3. The number of rotatable bonds is 2. The largest absolute Gasteiger partial charge is 0.416 e. The molecule has 1 aromatic carbocycles. The Balaban J connectivity index is 2.18. The molecule has 104 valence electrons. The molecule has 1 aromatic heterocycles. The molecule has 1 heterocycles. The normalized spacial score (nSPS) is 11.2. The lowest BCUT2D eigenvalue weighted by Crippen LogP contribution is -2.14. The van der Waals surface area contributed by atoms with Gasteiger partial charge >= 0.3 is 6.18 Å². The van der Waals surface area contributed by atoms with Crippen LogP contribution in [0.15, 0.2) is 36.7 Å². The fourth-order valence-electron chi connectivity index (χ4n) is 1.40. The maximum absolute atomic E-state index is 12.5. The molecule has 1 N–H and O–H groups in total. The molecule has 0 aliphatic heterocycles. The average Bonchev–Trinajstić information content (AvgIpc) is 2.38. The van der Waals surface area contributed by atoms with E-state index in [2.05, 4.69) is 15.3 Å². The topological polar surface area (TPSA) is 54.9 Å². The summed E-state index contributed by atoms with van der Waals surface area (Å²) >= 11 is 5.52. The third-order valence-corrected chi connectivity index (χ3v) is 2.50. The highest BCUT2D eigenvalue weighted by Gasteiger charge is 2.30. The van der Waals surface area contributed by atoms with Crippen molar-refractivity contribution in [1.82, 2.24) is 9.97 Å². The number of anilines is 1. The number of amides is 1. The monoisotopic (exact) mass is 301 g/mol. The summed E-state index contributed by atoms with van der Waals surface area (Å²) in [5, 5.41) is 2.42. The van der Waals surface area contributed by atoms with E-state index in [1.165, 1.54) is 18.3 Å². The van der Waals surface area contributed by atoms with Gasteiger partial charge in [-0.15, -0.1) is 0 Å². The molecule has 20 heavy (non-hydrogen) atoms. The Morgan fingerprint density at radius 1 is 1.20 bits per heavy atom. The standard InChI is InChI=1S/C12H7ClF3N3O/c13-10-6-17-9(5-18-10)11(20)19-8-3-1-2-7(4-8)12(14,15)16/h1-6H,(H,19,20). The second kappa shape index (κ2) is 5.46. The summed E-state index contributed by atoms with van der Waals surface area (Å²) in [5.41, 5.74) is -0.883. The molecule has 0 spiro atoms. The van der Waals surface area contributed by atoms with Crippen molar-refractivity contribution in [2.75, 3.05) is 5.32 Å². The third-order valence-electron chi connectivity index (χ3n) is 2.30. The zero-order valence-electron chi connectivity index (χ0n) is 9.78. The van der Waals surface area contributed by atoms with Crippen molar-refractivity contribution in [3.63, 3.8) is 0 Å². The van der Waals surface area contributed by atoms with E-state index in [0.29, 0.717) is 0 Å². The molecular weight excluding hydrogens is 295 g/mol. The van der Waals surface area contributed by atoms with E-state index in [4.69, 9.17) is 11.6 Å². The van der Waals surface area contributed by atoms with Crippen molar-refractivity contribution < 1.29 is 18.0 Å². The lowest BCUT2D eigenvalue weighted by molar-refractivity contribution is -0.137. The Morgan fingerprint density at radius 3 is 2.55 bits per heavy atom. The summed E-state index contributed by atoms with van der Waals surface area (Å²) in [7, 11) is 0. The zero-order valence-corrected chi connectivity index (χ0v) is 10.5. The zero-order chi connectivity index (χ0) is 14.8. The lowest BCUT2D eigenvalue weighted by atomic mass is 10.2. The van der Waals surface area contributed by atoms with E-state index < -0.39 is 17.6 Å². The summed E-state index contributed by atoms with van der Waals surface area (Å²) in [4.78, 5) is 19.1. The quantitative estimate of drug-likeness (QED) is 0.925. The highest BCUT2D eigenvalue weighted by Crippen LogP contribution is 2.30. The summed E-state index contributed by atoms with van der Waals surface area (Å²) in [5.74, 6) is -0.673. The van der Waals surface area contributed by atoms with Crippen molar-refractivity contribution >= 4 is 23.2 Å². The van der Waals surface area contributed by atoms with Crippen molar-refractivity contribution in [1.29, 1.82) is 0 Å². The summed E-state index contributed by atoms with van der Waals surface area (Å²) in [6, 6.07) is 4.29. The number of hydrogen-bond donors (Lipinski definition) is 1. The van der Waals surface area contributed by atoms with E-state index in [1.807, 2.05) is 0 Å². The third kappa shape index (κ3) is 3.45. The fourth-order valence-corrected chi connectivity index (χ4v) is 1.50. The van der Waals surface area contributed by atoms with Crippen LogP contribution in [0.25, 0.3) is 0 Å². The highest BCUT2D eigenvalue weighted by molar-refractivity contribution is 6.29. The van der Waals surface area contributed by atoms with Gasteiger partial charge in [-0.2, -0.15) is 13.2 Å². The second-order valence-electron chi connectivity index (χ2n) is 3.76. The van der Waals surface area contributed by atoms with Crippen LogP contribution in [0.2, 0.25) is 5.15 Å². The van der Waals surface area contributed by atoms with Crippen LogP contribution < -0.4 is 5.32 Å². The van der Waals surface area contributed by atoms with Gasteiger partial charge in [-0.05, 0) is 18.2 Å². The predicted octanol–water partition coefficient (Wildman–Crippen LogP) is 3.40. The lowest BCUT2D eigenvalue weighted by Gasteiger charge is -2.09. The van der Waals surface area contributed by atoms with Crippen LogP contribution in [-0.4, -0.2) is 15.9 Å². The SMILES string of the molecule is O=C(Nc1cccc(C(F)(F)F)c1)c1cnc(Cl)cn1. The van der Waals surface area contributed by atoms with Crippen molar-refractivity contribution in [2.45, 2.75) is 6.18 Å². The van der Waals surface area contributed by atoms with E-state index in [9.17, 15) is 18.0 Å². The molecule has 0 fully saturated rings. The van der Waals surface area contributed by atoms with Crippen LogP contribution in [0.5, 0.6) is 0 Å². The Labute approximate surface area is 116 Å². The summed E-state index contributed by atoms with van der Waals surface area (Å²) < 4.78 is 37.6. The maximum atomic E-state index is 12.5. The van der Waals surface area contributed by atoms with Crippen LogP contribution in [0.3, 0.4) is 0 Å². The molecular formula is C12H7ClF3N3O. The Kier molecular flexibility index (Phi) is 3.89. The number of halogens is 4. The summed E-state index contributed by atoms with van der Waals surface area (Å²) in [6.45, 7) is 0. The Morgan fingerprint density at radius 2 is 1.95 bits per heavy atom. The van der Waals surface area contributed by atoms with Crippen LogP contribution >= 0.6 is 11.6 Å². The molecule has 0 unspecified atom stereocenters. The van der Waals surface area contributed by atoms with Crippen LogP contribution in [0, 0.1) is 0 Å². The van der Waals surface area contributed by atoms with E-state index in [1.54, 1.807) is 0 Å². The van der Waals surface area contributed by atoms with Gasteiger partial charge in [0.15, 0.2) is 0 Å². The number of aromatic nitrogens is 2. The van der Waals surface area contributed by atoms with Crippen LogP contribution in [0.4, 0.5) is 18.9 Å². The second-order valence-corrected chi connectivity index (χ2v) is 4.14. The number of benzene rings is 1. The fraction of sp³-hybridized carbons (Fsp3) is 0.0833. The first-order chi connectivity index (χ1) is 9.36. The first-order valence-corrected chi connectivity index (χ1v) is 5.70. The average molecular weight is 302 g/mol. The molecule has 0 aliphatic carbocycles. The highest BCUT2D eigenvalue weighted by atomic mass is 35.5. The smallest absolute Gasteiger partial charge is 0.321 e. The minimum atomic E-state index is -4.47. The van der Waals surface area contributed by atoms with Gasteiger partial charge in [-0.1, -0.05) is 17.7 Å². The molecule has 1 amide bonds. The van der Waals surface area contributed by atoms with Gasteiger partial charge in [-0.3, -0.25) is 4.79 Å². The maximum Gasteiger partial charge on any atom is 0.416 e. The number of alkyl halides is 3. The van der Waals surface area contributed by atoms with Gasteiger partial charge in [0.05, 0.1) is 18.0 Å². The molecule has 0 aliphatic rings. The van der Waals surface area contributed by atoms with Crippen molar-refractivity contribution in [2.24, 2.45) is 0 Å². The van der Waals surface area contributed by atoms with Gasteiger partial charge in [0, 0.05) is 5.69 Å². The number of nitrogens with one attached hydrogen (secondary N) is 1. The Bertz CT molecular complexity index is 629. The van der Waals surface area contributed by atoms with E-state index in [-0.39, 0.29) is 16.5 Å². The molecule has 2 rings (SSSR count). The molecule has 8 heteroatoms. The molecule has 0 bridgehead atoms. The van der Waals surface area contributed by atoms with Crippen LogP contribution in [0.1, 0.15) is 16.1 Å². The minimum absolute atomic E-state index is 0.0153. The van der Waals surface area contributed by atoms with Gasteiger partial charge < -0.3 is 5.32 Å². The molecule has 2 aromatic rings. The predicted molar refractivity (Wildman–Crippen MR) is 66.4 cm³/mol. The number of carbonyl (C=O) groups excluding carboxylic acids is 1. The van der Waals surface area contributed by atoms with Gasteiger partial charge in [0.25, 0.3) is 5.91 Å².